The van der Waals surface area contributed by atoms with Crippen LogP contribution < -0.4 is 9.47 Å². The molecule has 0 fully saturated rings. The van der Waals surface area contributed by atoms with Gasteiger partial charge in [0, 0.05) is 12.1 Å². The van der Waals surface area contributed by atoms with Crippen LogP contribution in [0.4, 0.5) is 5.69 Å². The third kappa shape index (κ3) is 3.71. The molecule has 7 nitrogen and oxygen atoms in total. The molecule has 0 saturated carbocycles. The van der Waals surface area contributed by atoms with Crippen molar-refractivity contribution in [1.29, 1.82) is 0 Å². The van der Waals surface area contributed by atoms with Gasteiger partial charge in [-0.15, -0.1) is 0 Å². The van der Waals surface area contributed by atoms with Gasteiger partial charge in [-0.3, -0.25) is 10.1 Å². The molecule has 0 aliphatic carbocycles. The van der Waals surface area contributed by atoms with Crippen molar-refractivity contribution in [1.82, 2.24) is 0 Å². The fourth-order valence-corrected chi connectivity index (χ4v) is 1.55. The van der Waals surface area contributed by atoms with E-state index in [-0.39, 0.29) is 23.8 Å². The quantitative estimate of drug-likeness (QED) is 0.344. The molecule has 20 heavy (non-hydrogen) atoms. The van der Waals surface area contributed by atoms with E-state index in [9.17, 15) is 14.9 Å². The Morgan fingerprint density at radius 3 is 2.55 bits per heavy atom. The maximum absolute atomic E-state index is 11.2. The lowest BCUT2D eigenvalue weighted by Crippen LogP contribution is -1.99. The molecule has 1 aromatic rings. The van der Waals surface area contributed by atoms with E-state index in [2.05, 4.69) is 0 Å². The summed E-state index contributed by atoms with van der Waals surface area (Å²) < 4.78 is 14.7. The molecule has 0 bridgehead atoms. The molecule has 0 heterocycles. The van der Waals surface area contributed by atoms with Crippen molar-refractivity contribution in [3.05, 3.63) is 33.9 Å². The number of carbonyl (C=O) groups is 1. The number of nitro groups is 1. The van der Waals surface area contributed by atoms with Gasteiger partial charge in [0.25, 0.3) is 0 Å². The second-order valence-electron chi connectivity index (χ2n) is 3.62. The SMILES string of the molecule is CCOC(=O)/C=C/c1cc(OC)c(OC)c([N+](=O)[O-])c1. The number of ether oxygens (including phenoxy) is 3. The van der Waals surface area contributed by atoms with E-state index < -0.39 is 10.9 Å². The summed E-state index contributed by atoms with van der Waals surface area (Å²) in [6, 6.07) is 2.82. The first kappa shape index (κ1) is 15.5. The average Bonchev–Trinajstić information content (AvgIpc) is 2.44. The van der Waals surface area contributed by atoms with Crippen LogP contribution in [-0.4, -0.2) is 31.7 Å². The Bertz CT molecular complexity index is 538. The minimum absolute atomic E-state index is 0.0331. The van der Waals surface area contributed by atoms with Crippen LogP contribution in [0.25, 0.3) is 6.08 Å². The summed E-state index contributed by atoms with van der Waals surface area (Å²) in [5.74, 6) is -0.277. The molecule has 0 aromatic heterocycles. The Kier molecular flexibility index (Phi) is 5.52. The molecular weight excluding hydrogens is 266 g/mol. The minimum Gasteiger partial charge on any atom is -0.493 e. The van der Waals surface area contributed by atoms with E-state index in [1.807, 2.05) is 0 Å². The lowest BCUT2D eigenvalue weighted by Gasteiger charge is -2.08. The number of benzene rings is 1. The molecule has 0 amide bonds. The first-order valence-corrected chi connectivity index (χ1v) is 5.78. The van der Waals surface area contributed by atoms with Gasteiger partial charge in [-0.1, -0.05) is 0 Å². The van der Waals surface area contributed by atoms with Crippen LogP contribution in [0.1, 0.15) is 12.5 Å². The fraction of sp³-hybridized carbons (Fsp3) is 0.308. The van der Waals surface area contributed by atoms with E-state index >= 15 is 0 Å². The molecule has 0 aliphatic rings. The van der Waals surface area contributed by atoms with Crippen molar-refractivity contribution in [2.75, 3.05) is 20.8 Å². The second kappa shape index (κ2) is 7.13. The van der Waals surface area contributed by atoms with Crippen LogP contribution in [0.2, 0.25) is 0 Å². The highest BCUT2D eigenvalue weighted by Gasteiger charge is 2.20. The van der Waals surface area contributed by atoms with Crippen LogP contribution in [0.15, 0.2) is 18.2 Å². The number of esters is 1. The Morgan fingerprint density at radius 1 is 1.35 bits per heavy atom. The molecule has 1 rings (SSSR count). The van der Waals surface area contributed by atoms with Crippen LogP contribution in [0.5, 0.6) is 11.5 Å². The predicted octanol–water partition coefficient (Wildman–Crippen LogP) is 2.19. The first-order chi connectivity index (χ1) is 9.53. The lowest BCUT2D eigenvalue weighted by atomic mass is 10.1. The molecule has 0 radical (unpaired) electrons. The van der Waals surface area contributed by atoms with E-state index in [1.165, 1.54) is 38.5 Å². The van der Waals surface area contributed by atoms with Crippen LogP contribution in [0, 0.1) is 10.1 Å². The van der Waals surface area contributed by atoms with Gasteiger partial charge in [0.15, 0.2) is 5.75 Å². The van der Waals surface area contributed by atoms with Gasteiger partial charge in [0.2, 0.25) is 5.75 Å². The van der Waals surface area contributed by atoms with Gasteiger partial charge >= 0.3 is 11.7 Å². The summed E-state index contributed by atoms with van der Waals surface area (Å²) >= 11 is 0. The zero-order valence-corrected chi connectivity index (χ0v) is 11.4. The van der Waals surface area contributed by atoms with Crippen LogP contribution in [0.3, 0.4) is 0 Å². The van der Waals surface area contributed by atoms with Crippen molar-refractivity contribution in [3.8, 4) is 11.5 Å². The predicted molar refractivity (Wildman–Crippen MR) is 71.9 cm³/mol. The summed E-state index contributed by atoms with van der Waals surface area (Å²) in [7, 11) is 2.69. The Morgan fingerprint density at radius 2 is 2.05 bits per heavy atom. The molecule has 0 spiro atoms. The number of nitro benzene ring substituents is 1. The topological polar surface area (TPSA) is 87.9 Å². The average molecular weight is 281 g/mol. The van der Waals surface area contributed by atoms with Crippen LogP contribution in [-0.2, 0) is 9.53 Å². The molecule has 1 aromatic carbocycles. The summed E-state index contributed by atoms with van der Waals surface area (Å²) in [6.45, 7) is 1.95. The van der Waals surface area contributed by atoms with Gasteiger partial charge in [-0.05, 0) is 24.6 Å². The highest BCUT2D eigenvalue weighted by Crippen LogP contribution is 2.38. The number of hydrogen-bond donors (Lipinski definition) is 0. The van der Waals surface area contributed by atoms with Crippen molar-refractivity contribution < 1.29 is 23.9 Å². The molecular formula is C13H15NO6. The summed E-state index contributed by atoms with van der Waals surface area (Å²) in [5.41, 5.74) is 0.192. The molecule has 7 heteroatoms. The Labute approximate surface area is 115 Å². The standard InChI is InChI=1S/C13H15NO6/c1-4-20-12(15)6-5-9-7-10(14(16)17)13(19-3)11(8-9)18-2/h5-8H,4H2,1-3H3/b6-5+. The largest absolute Gasteiger partial charge is 0.493 e. The normalized spacial score (nSPS) is 10.3. The highest BCUT2D eigenvalue weighted by molar-refractivity contribution is 5.87. The van der Waals surface area contributed by atoms with Crippen molar-refractivity contribution in [2.24, 2.45) is 0 Å². The molecule has 0 unspecified atom stereocenters. The zero-order valence-electron chi connectivity index (χ0n) is 11.4. The number of hydrogen-bond acceptors (Lipinski definition) is 6. The lowest BCUT2D eigenvalue weighted by molar-refractivity contribution is -0.385. The van der Waals surface area contributed by atoms with E-state index in [1.54, 1.807) is 6.92 Å². The third-order valence-electron chi connectivity index (χ3n) is 2.38. The maximum Gasteiger partial charge on any atom is 0.330 e. The van der Waals surface area contributed by atoms with Gasteiger partial charge < -0.3 is 14.2 Å². The van der Waals surface area contributed by atoms with Gasteiger partial charge in [0.1, 0.15) is 0 Å². The molecule has 0 atom stereocenters. The number of nitrogens with zero attached hydrogens (tertiary/aromatic N) is 1. The van der Waals surface area contributed by atoms with Crippen molar-refractivity contribution in [2.45, 2.75) is 6.92 Å². The highest BCUT2D eigenvalue weighted by atomic mass is 16.6. The van der Waals surface area contributed by atoms with Gasteiger partial charge in [-0.2, -0.15) is 0 Å². The van der Waals surface area contributed by atoms with E-state index in [4.69, 9.17) is 14.2 Å². The number of methoxy groups -OCH3 is 2. The van der Waals surface area contributed by atoms with E-state index in [0.29, 0.717) is 5.56 Å². The monoisotopic (exact) mass is 281 g/mol. The molecule has 0 aliphatic heterocycles. The van der Waals surface area contributed by atoms with Gasteiger partial charge in [0.05, 0.1) is 25.7 Å². The maximum atomic E-state index is 11.2. The number of carbonyl (C=O) groups excluding carboxylic acids is 1. The smallest absolute Gasteiger partial charge is 0.330 e. The summed E-state index contributed by atoms with van der Waals surface area (Å²) in [5, 5.41) is 11.0. The van der Waals surface area contributed by atoms with Crippen LogP contribution >= 0.6 is 0 Å². The second-order valence-corrected chi connectivity index (χ2v) is 3.62. The van der Waals surface area contributed by atoms with Crippen molar-refractivity contribution in [3.63, 3.8) is 0 Å². The molecule has 0 saturated heterocycles. The summed E-state index contributed by atoms with van der Waals surface area (Å²) in [4.78, 5) is 21.6. The fourth-order valence-electron chi connectivity index (χ4n) is 1.55. The first-order valence-electron chi connectivity index (χ1n) is 5.78. The molecule has 108 valence electrons. The third-order valence-corrected chi connectivity index (χ3v) is 2.38. The van der Waals surface area contributed by atoms with Crippen molar-refractivity contribution >= 4 is 17.7 Å². The Balaban J connectivity index is 3.19. The van der Waals surface area contributed by atoms with E-state index in [0.717, 1.165) is 0 Å². The minimum atomic E-state index is -0.580. The Hall–Kier alpha value is -2.57. The van der Waals surface area contributed by atoms with Gasteiger partial charge in [-0.25, -0.2) is 4.79 Å². The number of rotatable bonds is 6. The zero-order chi connectivity index (χ0) is 15.1. The molecule has 0 N–H and O–H groups in total. The summed E-state index contributed by atoms with van der Waals surface area (Å²) in [6.07, 6.45) is 2.60.